The minimum absolute atomic E-state index is 0.0334. The molecular weight excluding hydrogens is 302 g/mol. The largest absolute Gasteiger partial charge is 0.388 e. The summed E-state index contributed by atoms with van der Waals surface area (Å²) >= 11 is 0. The van der Waals surface area contributed by atoms with Crippen LogP contribution in [0.25, 0.3) is 10.8 Å². The molecule has 0 unspecified atom stereocenters. The SMILES string of the molecule is CO[C@@H]1CCC[C@@H](N(C)C(=O)Cc2ccc3ccccc3c2)[C@H]1O. The number of carbonyl (C=O) groups is 1. The van der Waals surface area contributed by atoms with Crippen molar-refractivity contribution in [1.29, 1.82) is 0 Å². The zero-order valence-electron chi connectivity index (χ0n) is 14.3. The molecule has 3 rings (SSSR count). The van der Waals surface area contributed by atoms with Gasteiger partial charge < -0.3 is 14.7 Å². The first kappa shape index (κ1) is 16.9. The van der Waals surface area contributed by atoms with Gasteiger partial charge in [-0.2, -0.15) is 0 Å². The smallest absolute Gasteiger partial charge is 0.227 e. The lowest BCUT2D eigenvalue weighted by Gasteiger charge is -2.39. The first-order chi connectivity index (χ1) is 11.6. The fourth-order valence-electron chi connectivity index (χ4n) is 3.63. The van der Waals surface area contributed by atoms with E-state index in [1.807, 2.05) is 24.3 Å². The van der Waals surface area contributed by atoms with Gasteiger partial charge in [0.25, 0.3) is 0 Å². The van der Waals surface area contributed by atoms with Crippen LogP contribution in [0, 0.1) is 0 Å². The van der Waals surface area contributed by atoms with Crippen molar-refractivity contribution in [2.45, 2.75) is 43.9 Å². The van der Waals surface area contributed by atoms with Crippen LogP contribution < -0.4 is 0 Å². The number of hydrogen-bond donors (Lipinski definition) is 1. The predicted molar refractivity (Wildman–Crippen MR) is 94.9 cm³/mol. The number of amides is 1. The molecule has 4 heteroatoms. The molecule has 3 atom stereocenters. The van der Waals surface area contributed by atoms with Crippen molar-refractivity contribution >= 4 is 16.7 Å². The van der Waals surface area contributed by atoms with Gasteiger partial charge in [0.15, 0.2) is 0 Å². The van der Waals surface area contributed by atoms with Gasteiger partial charge in [-0.05, 0) is 35.6 Å². The van der Waals surface area contributed by atoms with Crippen molar-refractivity contribution in [3.63, 3.8) is 0 Å². The van der Waals surface area contributed by atoms with E-state index in [4.69, 9.17) is 4.74 Å². The number of rotatable bonds is 4. The summed E-state index contributed by atoms with van der Waals surface area (Å²) in [5.74, 6) is 0.0334. The molecule has 1 aliphatic rings. The van der Waals surface area contributed by atoms with Crippen molar-refractivity contribution in [1.82, 2.24) is 4.90 Å². The van der Waals surface area contributed by atoms with Crippen LogP contribution >= 0.6 is 0 Å². The maximum atomic E-state index is 12.7. The van der Waals surface area contributed by atoms with Gasteiger partial charge in [-0.1, -0.05) is 42.5 Å². The highest BCUT2D eigenvalue weighted by Crippen LogP contribution is 2.25. The number of benzene rings is 2. The fraction of sp³-hybridized carbons (Fsp3) is 0.450. The van der Waals surface area contributed by atoms with Crippen LogP contribution in [-0.2, 0) is 16.0 Å². The molecule has 0 aromatic heterocycles. The minimum Gasteiger partial charge on any atom is -0.388 e. The van der Waals surface area contributed by atoms with Gasteiger partial charge in [-0.25, -0.2) is 0 Å². The van der Waals surface area contributed by atoms with Gasteiger partial charge in [-0.3, -0.25) is 4.79 Å². The fourth-order valence-corrected chi connectivity index (χ4v) is 3.63. The summed E-state index contributed by atoms with van der Waals surface area (Å²) in [6, 6.07) is 14.1. The van der Waals surface area contributed by atoms with Crippen LogP contribution in [0.5, 0.6) is 0 Å². The summed E-state index contributed by atoms with van der Waals surface area (Å²) in [5, 5.41) is 12.8. The van der Waals surface area contributed by atoms with Crippen molar-refractivity contribution < 1.29 is 14.6 Å². The Morgan fingerprint density at radius 2 is 1.96 bits per heavy atom. The number of fused-ring (bicyclic) bond motifs is 1. The van der Waals surface area contributed by atoms with Crippen molar-refractivity contribution in [2.75, 3.05) is 14.2 Å². The van der Waals surface area contributed by atoms with E-state index in [1.165, 1.54) is 5.39 Å². The summed E-state index contributed by atoms with van der Waals surface area (Å²) in [7, 11) is 3.41. The second kappa shape index (κ2) is 7.32. The number of likely N-dealkylation sites (N-methyl/N-ethyl adjacent to an activating group) is 1. The van der Waals surface area contributed by atoms with Crippen LogP contribution in [0.2, 0.25) is 0 Å². The summed E-state index contributed by atoms with van der Waals surface area (Å²) in [6.07, 6.45) is 2.19. The molecule has 0 spiro atoms. The summed E-state index contributed by atoms with van der Waals surface area (Å²) in [6.45, 7) is 0. The third-order valence-electron chi connectivity index (χ3n) is 5.13. The molecule has 128 valence electrons. The van der Waals surface area contributed by atoms with Gasteiger partial charge in [-0.15, -0.1) is 0 Å². The Bertz CT molecular complexity index is 715. The summed E-state index contributed by atoms with van der Waals surface area (Å²) in [5.41, 5.74) is 0.999. The molecule has 2 aromatic rings. The Labute approximate surface area is 143 Å². The van der Waals surface area contributed by atoms with Crippen LogP contribution in [-0.4, -0.2) is 48.3 Å². The lowest BCUT2D eigenvalue weighted by atomic mass is 9.88. The molecule has 0 heterocycles. The van der Waals surface area contributed by atoms with E-state index in [0.29, 0.717) is 6.42 Å². The average molecular weight is 327 g/mol. The Kier molecular flexibility index (Phi) is 5.17. The molecule has 0 bridgehead atoms. The van der Waals surface area contributed by atoms with Gasteiger partial charge in [0.1, 0.15) is 6.10 Å². The molecule has 4 nitrogen and oxygen atoms in total. The standard InChI is InChI=1S/C20H25NO3/c1-21(17-8-5-9-18(24-2)20(17)23)19(22)13-14-10-11-15-6-3-4-7-16(15)12-14/h3-4,6-7,10-12,17-18,20,23H,5,8-9,13H2,1-2H3/t17-,18-,20-/m1/s1. The minimum atomic E-state index is -0.616. The summed E-state index contributed by atoms with van der Waals surface area (Å²) < 4.78 is 5.34. The Hall–Kier alpha value is -1.91. The molecule has 0 saturated heterocycles. The van der Waals surface area contributed by atoms with Gasteiger partial charge in [0.2, 0.25) is 5.91 Å². The molecule has 1 aliphatic carbocycles. The van der Waals surface area contributed by atoms with Crippen molar-refractivity contribution in [2.24, 2.45) is 0 Å². The first-order valence-corrected chi connectivity index (χ1v) is 8.54. The number of aliphatic hydroxyl groups excluding tert-OH is 1. The number of methoxy groups -OCH3 is 1. The monoisotopic (exact) mass is 327 g/mol. The molecule has 1 amide bonds. The van der Waals surface area contributed by atoms with Crippen LogP contribution in [0.3, 0.4) is 0 Å². The highest BCUT2D eigenvalue weighted by Gasteiger charge is 2.35. The third kappa shape index (κ3) is 3.45. The van der Waals surface area contributed by atoms with Crippen LogP contribution in [0.4, 0.5) is 0 Å². The van der Waals surface area contributed by atoms with E-state index >= 15 is 0 Å². The molecule has 1 fully saturated rings. The van der Waals surface area contributed by atoms with Crippen molar-refractivity contribution in [3.05, 3.63) is 48.0 Å². The van der Waals surface area contributed by atoms with Crippen molar-refractivity contribution in [3.8, 4) is 0 Å². The molecule has 1 saturated carbocycles. The van der Waals surface area contributed by atoms with Gasteiger partial charge >= 0.3 is 0 Å². The second-order valence-electron chi connectivity index (χ2n) is 6.63. The molecule has 0 radical (unpaired) electrons. The maximum absolute atomic E-state index is 12.7. The number of ether oxygens (including phenoxy) is 1. The molecule has 24 heavy (non-hydrogen) atoms. The maximum Gasteiger partial charge on any atom is 0.227 e. The van der Waals surface area contributed by atoms with E-state index in [-0.39, 0.29) is 18.1 Å². The number of carbonyl (C=O) groups excluding carboxylic acids is 1. The lowest BCUT2D eigenvalue weighted by molar-refractivity contribution is -0.139. The number of nitrogens with zero attached hydrogens (tertiary/aromatic N) is 1. The number of aliphatic hydroxyl groups is 1. The Morgan fingerprint density at radius 3 is 2.71 bits per heavy atom. The van der Waals surface area contributed by atoms with E-state index in [1.54, 1.807) is 19.1 Å². The zero-order valence-corrected chi connectivity index (χ0v) is 14.3. The second-order valence-corrected chi connectivity index (χ2v) is 6.63. The topological polar surface area (TPSA) is 49.8 Å². The highest BCUT2D eigenvalue weighted by atomic mass is 16.5. The molecule has 2 aromatic carbocycles. The van der Waals surface area contributed by atoms with Crippen LogP contribution in [0.15, 0.2) is 42.5 Å². The summed E-state index contributed by atoms with van der Waals surface area (Å²) in [4.78, 5) is 14.4. The first-order valence-electron chi connectivity index (χ1n) is 8.54. The average Bonchev–Trinajstić information content (AvgIpc) is 2.61. The van der Waals surface area contributed by atoms with Crippen LogP contribution in [0.1, 0.15) is 24.8 Å². The molecule has 1 N–H and O–H groups in total. The predicted octanol–water partition coefficient (Wildman–Crippen LogP) is 2.77. The molecular formula is C20H25NO3. The highest BCUT2D eigenvalue weighted by molar-refractivity contribution is 5.85. The van der Waals surface area contributed by atoms with Gasteiger partial charge in [0, 0.05) is 14.2 Å². The quantitative estimate of drug-likeness (QED) is 0.939. The lowest BCUT2D eigenvalue weighted by Crippen LogP contribution is -2.52. The van der Waals surface area contributed by atoms with E-state index < -0.39 is 6.10 Å². The Morgan fingerprint density at radius 1 is 1.21 bits per heavy atom. The van der Waals surface area contributed by atoms with Gasteiger partial charge in [0.05, 0.1) is 18.6 Å². The number of hydrogen-bond acceptors (Lipinski definition) is 3. The normalized spacial score (nSPS) is 24.0. The zero-order chi connectivity index (χ0) is 17.1. The van der Waals surface area contributed by atoms with E-state index in [0.717, 1.165) is 30.2 Å². The Balaban J connectivity index is 1.70. The van der Waals surface area contributed by atoms with E-state index in [9.17, 15) is 9.90 Å². The third-order valence-corrected chi connectivity index (χ3v) is 5.13. The molecule has 0 aliphatic heterocycles. The van der Waals surface area contributed by atoms with E-state index in [2.05, 4.69) is 18.2 Å².